The number of hydrogen-bond acceptors (Lipinski definition) is 4. The fourth-order valence-electron chi connectivity index (χ4n) is 3.95. The molecule has 33 heavy (non-hydrogen) atoms. The zero-order valence-electron chi connectivity index (χ0n) is 17.6. The van der Waals surface area contributed by atoms with E-state index in [9.17, 15) is 18.0 Å². The lowest BCUT2D eigenvalue weighted by Gasteiger charge is -2.28. The smallest absolute Gasteiger partial charge is 0.376 e. The summed E-state index contributed by atoms with van der Waals surface area (Å²) in [5.41, 5.74) is 0.934. The van der Waals surface area contributed by atoms with Gasteiger partial charge in [-0.25, -0.2) is 0 Å². The van der Waals surface area contributed by atoms with Crippen LogP contribution in [-0.4, -0.2) is 31.3 Å². The molecule has 0 saturated carbocycles. The van der Waals surface area contributed by atoms with E-state index in [4.69, 9.17) is 32.8 Å². The fraction of sp³-hybridized carbons (Fsp3) is 0.348. The molecule has 0 aliphatic carbocycles. The van der Waals surface area contributed by atoms with Crippen molar-refractivity contribution in [1.29, 1.82) is 0 Å². The lowest BCUT2D eigenvalue weighted by atomic mass is 9.91. The van der Waals surface area contributed by atoms with Crippen LogP contribution in [-0.2, 0) is 15.2 Å². The molecule has 5 nitrogen and oxygen atoms in total. The van der Waals surface area contributed by atoms with Gasteiger partial charge in [-0.3, -0.25) is 15.1 Å². The molecule has 2 aliphatic rings. The van der Waals surface area contributed by atoms with Gasteiger partial charge >= 0.3 is 6.18 Å². The SMILES string of the molecule is Cc1cc(C2=CC(c3cc(Cl)cc(Cl)c3)(C(F)(F)F)ON2)ccc1C(=O)NCC1CCCO1. The van der Waals surface area contributed by atoms with Crippen molar-refractivity contribution in [2.75, 3.05) is 13.2 Å². The standard InChI is InChI=1S/C23H21Cl2F3N2O3/c1-13-7-14(4-5-19(13)21(31)29-12-18-3-2-6-32-18)20-11-22(33-30-20,23(26,27)28)15-8-16(24)10-17(25)9-15/h4-5,7-11,18,30H,2-3,6,12H2,1H3,(H,29,31). The summed E-state index contributed by atoms with van der Waals surface area (Å²) in [6.45, 7) is 2.82. The third-order valence-electron chi connectivity index (χ3n) is 5.68. The minimum Gasteiger partial charge on any atom is -0.376 e. The van der Waals surface area contributed by atoms with Gasteiger partial charge in [0.1, 0.15) is 0 Å². The van der Waals surface area contributed by atoms with Crippen LogP contribution in [0.1, 0.15) is 39.9 Å². The first-order chi connectivity index (χ1) is 15.6. The number of alkyl halides is 3. The Morgan fingerprint density at radius 1 is 1.21 bits per heavy atom. The van der Waals surface area contributed by atoms with E-state index in [1.54, 1.807) is 25.1 Å². The highest BCUT2D eigenvalue weighted by molar-refractivity contribution is 6.34. The summed E-state index contributed by atoms with van der Waals surface area (Å²) in [6.07, 6.45) is -1.97. The lowest BCUT2D eigenvalue weighted by molar-refractivity contribution is -0.269. The summed E-state index contributed by atoms with van der Waals surface area (Å²) in [4.78, 5) is 17.6. The van der Waals surface area contributed by atoms with Crippen molar-refractivity contribution in [3.8, 4) is 0 Å². The molecule has 2 N–H and O–H groups in total. The first-order valence-electron chi connectivity index (χ1n) is 10.3. The largest absolute Gasteiger partial charge is 0.428 e. The number of amides is 1. The summed E-state index contributed by atoms with van der Waals surface area (Å²) < 4.78 is 48.0. The molecule has 176 valence electrons. The molecule has 2 aromatic rings. The third-order valence-corrected chi connectivity index (χ3v) is 6.11. The van der Waals surface area contributed by atoms with Crippen molar-refractivity contribution in [2.24, 2.45) is 0 Å². The van der Waals surface area contributed by atoms with Gasteiger partial charge in [-0.15, -0.1) is 0 Å². The van der Waals surface area contributed by atoms with Crippen molar-refractivity contribution < 1.29 is 27.5 Å². The average Bonchev–Trinajstić information content (AvgIpc) is 3.41. The number of aryl methyl sites for hydroxylation is 1. The van der Waals surface area contributed by atoms with Crippen LogP contribution in [0.15, 0.2) is 42.5 Å². The normalized spacial score (nSPS) is 22.7. The highest BCUT2D eigenvalue weighted by Crippen LogP contribution is 2.48. The lowest BCUT2D eigenvalue weighted by Crippen LogP contribution is -2.42. The minimum absolute atomic E-state index is 0.00834. The van der Waals surface area contributed by atoms with E-state index in [0.29, 0.717) is 29.8 Å². The van der Waals surface area contributed by atoms with Crippen LogP contribution in [0.2, 0.25) is 10.0 Å². The molecule has 4 rings (SSSR count). The monoisotopic (exact) mass is 500 g/mol. The summed E-state index contributed by atoms with van der Waals surface area (Å²) in [7, 11) is 0. The predicted molar refractivity (Wildman–Crippen MR) is 119 cm³/mol. The Kier molecular flexibility index (Phi) is 6.64. The second-order valence-electron chi connectivity index (χ2n) is 8.03. The summed E-state index contributed by atoms with van der Waals surface area (Å²) in [6, 6.07) is 8.43. The second kappa shape index (κ2) is 9.18. The van der Waals surface area contributed by atoms with Gasteiger partial charge < -0.3 is 10.1 Å². The first kappa shape index (κ1) is 23.9. The molecule has 2 aromatic carbocycles. The maximum atomic E-state index is 14.2. The molecule has 2 unspecified atom stereocenters. The van der Waals surface area contributed by atoms with Gasteiger partial charge in [0.2, 0.25) is 5.60 Å². The molecule has 10 heteroatoms. The Morgan fingerprint density at radius 3 is 2.55 bits per heavy atom. The molecule has 1 saturated heterocycles. The summed E-state index contributed by atoms with van der Waals surface area (Å²) in [5, 5.41) is 2.96. The van der Waals surface area contributed by atoms with Gasteiger partial charge in [0, 0.05) is 34.3 Å². The maximum Gasteiger partial charge on any atom is 0.428 e. The molecule has 2 atom stereocenters. The molecule has 2 heterocycles. The number of rotatable bonds is 5. The molecule has 1 amide bonds. The van der Waals surface area contributed by atoms with Crippen LogP contribution < -0.4 is 10.8 Å². The minimum atomic E-state index is -4.80. The molecule has 0 aromatic heterocycles. The molecular weight excluding hydrogens is 480 g/mol. The quantitative estimate of drug-likeness (QED) is 0.565. The van der Waals surface area contributed by atoms with E-state index < -0.39 is 11.8 Å². The number of nitrogens with one attached hydrogen (secondary N) is 2. The van der Waals surface area contributed by atoms with Gasteiger partial charge in [-0.1, -0.05) is 29.3 Å². The number of hydrogen-bond donors (Lipinski definition) is 2. The Hall–Kier alpha value is -2.26. The Morgan fingerprint density at radius 2 is 1.94 bits per heavy atom. The summed E-state index contributed by atoms with van der Waals surface area (Å²) in [5.74, 6) is -0.266. The third kappa shape index (κ3) is 4.84. The van der Waals surface area contributed by atoms with Gasteiger partial charge in [0.05, 0.1) is 11.8 Å². The zero-order chi connectivity index (χ0) is 23.8. The molecule has 2 aliphatic heterocycles. The highest BCUT2D eigenvalue weighted by Gasteiger charge is 2.59. The van der Waals surface area contributed by atoms with E-state index in [1.807, 2.05) is 0 Å². The zero-order valence-corrected chi connectivity index (χ0v) is 19.1. The number of halogens is 5. The van der Waals surface area contributed by atoms with Crippen molar-refractivity contribution in [1.82, 2.24) is 10.8 Å². The summed E-state index contributed by atoms with van der Waals surface area (Å²) >= 11 is 11.9. The molecule has 0 radical (unpaired) electrons. The Balaban J connectivity index is 1.60. The van der Waals surface area contributed by atoms with Crippen LogP contribution in [0.25, 0.3) is 5.70 Å². The Labute approximate surface area is 198 Å². The van der Waals surface area contributed by atoms with Crippen LogP contribution >= 0.6 is 23.2 Å². The number of benzene rings is 2. The number of carbonyl (C=O) groups excluding carboxylic acids is 1. The van der Waals surface area contributed by atoms with E-state index in [-0.39, 0.29) is 33.3 Å². The average molecular weight is 501 g/mol. The van der Waals surface area contributed by atoms with Crippen LogP contribution in [0.5, 0.6) is 0 Å². The van der Waals surface area contributed by atoms with Gasteiger partial charge in [-0.2, -0.15) is 13.2 Å². The van der Waals surface area contributed by atoms with E-state index >= 15 is 0 Å². The van der Waals surface area contributed by atoms with Crippen molar-refractivity contribution >= 4 is 34.8 Å². The van der Waals surface area contributed by atoms with Crippen molar-refractivity contribution in [3.63, 3.8) is 0 Å². The van der Waals surface area contributed by atoms with Crippen LogP contribution in [0, 0.1) is 6.92 Å². The fourth-order valence-corrected chi connectivity index (χ4v) is 4.47. The predicted octanol–water partition coefficient (Wildman–Crippen LogP) is 5.54. The Bertz CT molecular complexity index is 1080. The van der Waals surface area contributed by atoms with E-state index in [1.165, 1.54) is 6.07 Å². The van der Waals surface area contributed by atoms with Gasteiger partial charge in [0.15, 0.2) is 0 Å². The number of ether oxygens (including phenoxy) is 1. The van der Waals surface area contributed by atoms with Crippen LogP contribution in [0.3, 0.4) is 0 Å². The molecule has 0 spiro atoms. The molecular formula is C23H21Cl2F3N2O3. The van der Waals surface area contributed by atoms with Crippen molar-refractivity contribution in [3.05, 3.63) is 74.8 Å². The van der Waals surface area contributed by atoms with Gasteiger partial charge in [-0.05, 0) is 67.3 Å². The first-order valence-corrected chi connectivity index (χ1v) is 11.1. The van der Waals surface area contributed by atoms with E-state index in [2.05, 4.69) is 10.8 Å². The van der Waals surface area contributed by atoms with Crippen molar-refractivity contribution in [2.45, 2.75) is 37.6 Å². The second-order valence-corrected chi connectivity index (χ2v) is 8.90. The number of carbonyl (C=O) groups is 1. The maximum absolute atomic E-state index is 14.2. The van der Waals surface area contributed by atoms with Crippen LogP contribution in [0.4, 0.5) is 13.2 Å². The topological polar surface area (TPSA) is 59.6 Å². The highest BCUT2D eigenvalue weighted by atomic mass is 35.5. The molecule has 1 fully saturated rings. The number of hydroxylamine groups is 1. The molecule has 0 bridgehead atoms. The van der Waals surface area contributed by atoms with Gasteiger partial charge in [0.25, 0.3) is 5.91 Å². The van der Waals surface area contributed by atoms with E-state index in [0.717, 1.165) is 31.1 Å².